The lowest BCUT2D eigenvalue weighted by Gasteiger charge is -2.07. The number of nitrogens with zero attached hydrogens (tertiary/aromatic N) is 1. The number of para-hydroxylation sites is 2. The lowest BCUT2D eigenvalue weighted by atomic mass is 10.2. The van der Waals surface area contributed by atoms with Crippen molar-refractivity contribution in [2.24, 2.45) is 0 Å². The molecule has 124 valence electrons. The number of halogens is 1. The minimum atomic E-state index is -0.313. The molecule has 0 radical (unpaired) electrons. The number of benzene rings is 2. The minimum absolute atomic E-state index is 0.238. The first-order valence-corrected chi connectivity index (χ1v) is 8.35. The van der Waals surface area contributed by atoms with Crippen molar-refractivity contribution in [2.45, 2.75) is 0 Å². The van der Waals surface area contributed by atoms with Gasteiger partial charge in [-0.05, 0) is 58.4 Å². The van der Waals surface area contributed by atoms with E-state index in [2.05, 4.69) is 36.5 Å². The second-order valence-corrected chi connectivity index (χ2v) is 6.15. The molecule has 0 spiro atoms. The van der Waals surface area contributed by atoms with Gasteiger partial charge >= 0.3 is 0 Å². The number of aromatic nitrogens is 2. The molecule has 25 heavy (non-hydrogen) atoms. The number of hydrogen-bond donors (Lipinski definition) is 3. The van der Waals surface area contributed by atoms with Crippen LogP contribution in [0, 0.1) is 0 Å². The zero-order valence-corrected chi connectivity index (χ0v) is 14.5. The summed E-state index contributed by atoms with van der Waals surface area (Å²) >= 11 is 3.18. The van der Waals surface area contributed by atoms with E-state index in [-0.39, 0.29) is 11.7 Å². The van der Waals surface area contributed by atoms with Crippen molar-refractivity contribution in [1.82, 2.24) is 9.97 Å². The molecule has 4 rings (SSSR count). The Labute approximate surface area is 151 Å². The molecule has 0 aliphatic rings. The van der Waals surface area contributed by atoms with E-state index in [4.69, 9.17) is 4.42 Å². The van der Waals surface area contributed by atoms with Gasteiger partial charge in [0.25, 0.3) is 5.91 Å². The van der Waals surface area contributed by atoms with Crippen molar-refractivity contribution >= 4 is 50.2 Å². The van der Waals surface area contributed by atoms with Crippen LogP contribution >= 0.6 is 15.9 Å². The molecule has 1 amide bonds. The van der Waals surface area contributed by atoms with E-state index in [0.717, 1.165) is 16.7 Å². The molecular formula is C18H13BrN4O2. The lowest BCUT2D eigenvalue weighted by Crippen LogP contribution is -2.10. The molecule has 2 aromatic heterocycles. The van der Waals surface area contributed by atoms with Gasteiger partial charge in [0.05, 0.1) is 11.0 Å². The number of carbonyl (C=O) groups excluding carboxylic acids is 1. The number of carbonyl (C=O) groups is 1. The van der Waals surface area contributed by atoms with E-state index >= 15 is 0 Å². The van der Waals surface area contributed by atoms with Crippen LogP contribution in [0.2, 0.25) is 0 Å². The van der Waals surface area contributed by atoms with Crippen molar-refractivity contribution in [1.29, 1.82) is 0 Å². The molecule has 0 unspecified atom stereocenters. The highest BCUT2D eigenvalue weighted by Crippen LogP contribution is 2.22. The van der Waals surface area contributed by atoms with Crippen LogP contribution < -0.4 is 10.6 Å². The third kappa shape index (κ3) is 3.41. The SMILES string of the molecule is O=C(Nc1cccc(Nc2nc3ccccc3[nH]2)c1)c1ccc(Br)o1. The van der Waals surface area contributed by atoms with E-state index in [1.54, 1.807) is 18.2 Å². The summed E-state index contributed by atoms with van der Waals surface area (Å²) in [6.07, 6.45) is 0. The third-order valence-electron chi connectivity index (χ3n) is 3.57. The van der Waals surface area contributed by atoms with Crippen LogP contribution in [0.4, 0.5) is 17.3 Å². The van der Waals surface area contributed by atoms with Crippen molar-refractivity contribution < 1.29 is 9.21 Å². The first kappa shape index (κ1) is 15.5. The van der Waals surface area contributed by atoms with Crippen LogP contribution in [0.1, 0.15) is 10.6 Å². The summed E-state index contributed by atoms with van der Waals surface area (Å²) in [4.78, 5) is 19.8. The zero-order chi connectivity index (χ0) is 17.2. The first-order chi connectivity index (χ1) is 12.2. The second-order valence-electron chi connectivity index (χ2n) is 5.37. The van der Waals surface area contributed by atoms with Gasteiger partial charge in [-0.3, -0.25) is 4.79 Å². The van der Waals surface area contributed by atoms with Gasteiger partial charge in [-0.1, -0.05) is 18.2 Å². The summed E-state index contributed by atoms with van der Waals surface area (Å²) < 4.78 is 5.76. The van der Waals surface area contributed by atoms with Crippen LogP contribution in [0.3, 0.4) is 0 Å². The van der Waals surface area contributed by atoms with Crippen LogP contribution in [-0.2, 0) is 0 Å². The van der Waals surface area contributed by atoms with Crippen molar-refractivity contribution in [3.63, 3.8) is 0 Å². The van der Waals surface area contributed by atoms with Gasteiger partial charge in [0.2, 0.25) is 5.95 Å². The van der Waals surface area contributed by atoms with Gasteiger partial charge in [0.15, 0.2) is 10.4 Å². The van der Waals surface area contributed by atoms with Crippen molar-refractivity contribution in [3.8, 4) is 0 Å². The number of rotatable bonds is 4. The molecule has 6 nitrogen and oxygen atoms in total. The van der Waals surface area contributed by atoms with Gasteiger partial charge in [-0.25, -0.2) is 4.98 Å². The summed E-state index contributed by atoms with van der Waals surface area (Å²) in [6, 6.07) is 18.4. The Kier molecular flexibility index (Phi) is 3.99. The molecule has 0 saturated carbocycles. The highest BCUT2D eigenvalue weighted by atomic mass is 79.9. The van der Waals surface area contributed by atoms with Crippen LogP contribution in [-0.4, -0.2) is 15.9 Å². The Morgan fingerprint density at radius 1 is 1.04 bits per heavy atom. The molecule has 0 fully saturated rings. The van der Waals surface area contributed by atoms with E-state index in [1.165, 1.54) is 0 Å². The number of imidazole rings is 1. The monoisotopic (exact) mass is 396 g/mol. The van der Waals surface area contributed by atoms with Crippen LogP contribution in [0.15, 0.2) is 69.8 Å². The number of H-pyrrole nitrogens is 1. The van der Waals surface area contributed by atoms with E-state index < -0.39 is 0 Å². The number of fused-ring (bicyclic) bond motifs is 1. The molecule has 0 aliphatic heterocycles. The Hall–Kier alpha value is -3.06. The Morgan fingerprint density at radius 3 is 2.68 bits per heavy atom. The van der Waals surface area contributed by atoms with Gasteiger partial charge in [0.1, 0.15) is 0 Å². The van der Waals surface area contributed by atoms with Crippen LogP contribution in [0.5, 0.6) is 0 Å². The fraction of sp³-hybridized carbons (Fsp3) is 0. The largest absolute Gasteiger partial charge is 0.444 e. The summed E-state index contributed by atoms with van der Waals surface area (Å²) in [7, 11) is 0. The summed E-state index contributed by atoms with van der Waals surface area (Å²) in [5.74, 6) is 0.564. The van der Waals surface area contributed by atoms with Crippen molar-refractivity contribution in [3.05, 3.63) is 71.1 Å². The average molecular weight is 397 g/mol. The molecule has 0 bridgehead atoms. The second kappa shape index (κ2) is 6.45. The standard InChI is InChI=1S/C18H13BrN4O2/c19-16-9-8-15(25-16)17(24)20-11-4-3-5-12(10-11)21-18-22-13-6-1-2-7-14(13)23-18/h1-10H,(H,20,24)(H2,21,22,23). The predicted molar refractivity (Wildman–Crippen MR) is 100 cm³/mol. The normalized spacial score (nSPS) is 10.8. The number of aromatic amines is 1. The summed E-state index contributed by atoms with van der Waals surface area (Å²) in [5, 5.41) is 6.00. The zero-order valence-electron chi connectivity index (χ0n) is 12.9. The Morgan fingerprint density at radius 2 is 1.88 bits per heavy atom. The topological polar surface area (TPSA) is 83.0 Å². The fourth-order valence-electron chi connectivity index (χ4n) is 2.45. The Balaban J connectivity index is 1.51. The number of hydrogen-bond acceptors (Lipinski definition) is 4. The molecule has 0 aliphatic carbocycles. The van der Waals surface area contributed by atoms with Crippen molar-refractivity contribution in [2.75, 3.05) is 10.6 Å². The number of anilines is 3. The predicted octanol–water partition coefficient (Wildman–Crippen LogP) is 4.91. The Bertz CT molecular complexity index is 1020. The maximum absolute atomic E-state index is 12.1. The number of furan rings is 1. The minimum Gasteiger partial charge on any atom is -0.444 e. The molecular weight excluding hydrogens is 384 g/mol. The number of nitrogens with one attached hydrogen (secondary N) is 3. The molecule has 4 aromatic rings. The van der Waals surface area contributed by atoms with Gasteiger partial charge in [-0.2, -0.15) is 0 Å². The lowest BCUT2D eigenvalue weighted by molar-refractivity contribution is 0.0995. The fourth-order valence-corrected chi connectivity index (χ4v) is 2.76. The van der Waals surface area contributed by atoms with Gasteiger partial charge in [-0.15, -0.1) is 0 Å². The van der Waals surface area contributed by atoms with E-state index in [0.29, 0.717) is 16.3 Å². The molecule has 2 heterocycles. The molecule has 3 N–H and O–H groups in total. The van der Waals surface area contributed by atoms with Gasteiger partial charge in [0, 0.05) is 11.4 Å². The highest BCUT2D eigenvalue weighted by molar-refractivity contribution is 9.10. The molecule has 0 atom stereocenters. The molecule has 0 saturated heterocycles. The third-order valence-corrected chi connectivity index (χ3v) is 4.00. The van der Waals surface area contributed by atoms with Crippen LogP contribution in [0.25, 0.3) is 11.0 Å². The van der Waals surface area contributed by atoms with E-state index in [1.807, 2.05) is 42.5 Å². The maximum atomic E-state index is 12.1. The van der Waals surface area contributed by atoms with E-state index in [9.17, 15) is 4.79 Å². The molecule has 7 heteroatoms. The maximum Gasteiger partial charge on any atom is 0.291 e. The summed E-state index contributed by atoms with van der Waals surface area (Å²) in [6.45, 7) is 0. The summed E-state index contributed by atoms with van der Waals surface area (Å²) in [5.41, 5.74) is 3.30. The average Bonchev–Trinajstić information content (AvgIpc) is 3.20. The first-order valence-electron chi connectivity index (χ1n) is 7.56. The molecule has 2 aromatic carbocycles. The quantitative estimate of drug-likeness (QED) is 0.457. The van der Waals surface area contributed by atoms with Gasteiger partial charge < -0.3 is 20.0 Å². The smallest absolute Gasteiger partial charge is 0.291 e. The highest BCUT2D eigenvalue weighted by Gasteiger charge is 2.11. The number of amides is 1.